The van der Waals surface area contributed by atoms with Crippen molar-refractivity contribution in [3.8, 4) is 0 Å². The third kappa shape index (κ3) is 4.43. The minimum absolute atomic E-state index is 0.0425. The summed E-state index contributed by atoms with van der Waals surface area (Å²) in [6.07, 6.45) is 5.24. The molecule has 6 nitrogen and oxygen atoms in total. The topological polar surface area (TPSA) is 75.5 Å². The van der Waals surface area contributed by atoms with Gasteiger partial charge in [-0.2, -0.15) is 0 Å². The number of carbonyl (C=O) groups excluding carboxylic acids is 1. The van der Waals surface area contributed by atoms with Crippen molar-refractivity contribution < 1.29 is 9.72 Å². The van der Waals surface area contributed by atoms with Crippen molar-refractivity contribution in [1.29, 1.82) is 0 Å². The quantitative estimate of drug-likeness (QED) is 0.643. The van der Waals surface area contributed by atoms with E-state index in [0.717, 1.165) is 44.5 Å². The predicted molar refractivity (Wildman–Crippen MR) is 91.0 cm³/mol. The smallest absolute Gasteiger partial charge is 0.270 e. The van der Waals surface area contributed by atoms with Gasteiger partial charge in [0.2, 0.25) is 0 Å². The van der Waals surface area contributed by atoms with Crippen LogP contribution in [0.2, 0.25) is 0 Å². The molecule has 1 aliphatic rings. The summed E-state index contributed by atoms with van der Waals surface area (Å²) in [6.45, 7) is 5.81. The fraction of sp³-hybridized carbons (Fsp3) is 0.588. The maximum absolute atomic E-state index is 12.6. The van der Waals surface area contributed by atoms with Gasteiger partial charge >= 0.3 is 0 Å². The first-order valence-corrected chi connectivity index (χ1v) is 8.37. The zero-order chi connectivity index (χ0) is 16.8. The van der Waals surface area contributed by atoms with Gasteiger partial charge in [-0.25, -0.2) is 0 Å². The van der Waals surface area contributed by atoms with E-state index in [1.54, 1.807) is 6.07 Å². The number of piperidine rings is 1. The van der Waals surface area contributed by atoms with Crippen molar-refractivity contribution in [3.63, 3.8) is 0 Å². The summed E-state index contributed by atoms with van der Waals surface area (Å²) in [5, 5.41) is 14.0. The fourth-order valence-corrected chi connectivity index (χ4v) is 3.04. The van der Waals surface area contributed by atoms with E-state index in [4.69, 9.17) is 0 Å². The lowest BCUT2D eigenvalue weighted by Crippen LogP contribution is -2.35. The minimum atomic E-state index is -0.452. The van der Waals surface area contributed by atoms with Crippen LogP contribution in [0.5, 0.6) is 0 Å². The number of nitro benzene ring substituents is 1. The van der Waals surface area contributed by atoms with E-state index in [9.17, 15) is 14.9 Å². The first-order valence-electron chi connectivity index (χ1n) is 8.37. The molecule has 1 aliphatic heterocycles. The molecule has 1 unspecified atom stereocenters. The summed E-state index contributed by atoms with van der Waals surface area (Å²) in [5.74, 6) is -0.227. The Morgan fingerprint density at radius 3 is 2.65 bits per heavy atom. The Morgan fingerprint density at radius 2 is 2.04 bits per heavy atom. The van der Waals surface area contributed by atoms with Crippen molar-refractivity contribution in [2.45, 2.75) is 52.0 Å². The number of rotatable bonds is 6. The predicted octanol–water partition coefficient (Wildman–Crippen LogP) is 3.50. The Hall–Kier alpha value is -2.11. The van der Waals surface area contributed by atoms with Gasteiger partial charge in [0.1, 0.15) is 0 Å². The van der Waals surface area contributed by atoms with Crippen LogP contribution in [0.3, 0.4) is 0 Å². The number of benzene rings is 1. The molecule has 0 aromatic heterocycles. The molecule has 1 N–H and O–H groups in total. The Labute approximate surface area is 137 Å². The zero-order valence-electron chi connectivity index (χ0n) is 13.9. The summed E-state index contributed by atoms with van der Waals surface area (Å²) in [5.41, 5.74) is 1.17. The maximum atomic E-state index is 12.6. The molecule has 1 aromatic carbocycles. The van der Waals surface area contributed by atoms with E-state index in [-0.39, 0.29) is 17.6 Å². The van der Waals surface area contributed by atoms with E-state index in [0.29, 0.717) is 5.56 Å². The average molecular weight is 319 g/mol. The maximum Gasteiger partial charge on any atom is 0.270 e. The molecule has 1 atom stereocenters. The van der Waals surface area contributed by atoms with Gasteiger partial charge in [0.05, 0.1) is 16.2 Å². The molecule has 0 spiro atoms. The Morgan fingerprint density at radius 1 is 1.35 bits per heavy atom. The molecule has 0 saturated carbocycles. The van der Waals surface area contributed by atoms with Gasteiger partial charge < -0.3 is 10.2 Å². The number of hydrogen-bond acceptors (Lipinski definition) is 4. The van der Waals surface area contributed by atoms with Crippen molar-refractivity contribution in [3.05, 3.63) is 33.9 Å². The minimum Gasteiger partial charge on any atom is -0.371 e. The number of anilines is 1. The molecule has 0 aliphatic carbocycles. The van der Waals surface area contributed by atoms with E-state index in [1.165, 1.54) is 18.6 Å². The molecule has 0 radical (unpaired) electrons. The first-order chi connectivity index (χ1) is 11.0. The first kappa shape index (κ1) is 17.2. The number of nitro groups is 1. The van der Waals surface area contributed by atoms with Crippen molar-refractivity contribution in [2.24, 2.45) is 0 Å². The molecule has 1 amide bonds. The van der Waals surface area contributed by atoms with Gasteiger partial charge in [-0.1, -0.05) is 13.3 Å². The standard InChI is InChI=1S/C17H25N3O3/c1-3-7-13(2)18-17(21)15-12-14(20(22)23)8-9-16(15)19-10-5-4-6-11-19/h8-9,12-13H,3-7,10-11H2,1-2H3,(H,18,21). The van der Waals surface area contributed by atoms with Crippen LogP contribution in [-0.2, 0) is 0 Å². The SMILES string of the molecule is CCCC(C)NC(=O)c1cc([N+](=O)[O-])ccc1N1CCCCC1. The molecule has 1 aromatic rings. The lowest BCUT2D eigenvalue weighted by molar-refractivity contribution is -0.384. The number of nitrogens with zero attached hydrogens (tertiary/aromatic N) is 2. The third-order valence-electron chi connectivity index (χ3n) is 4.23. The van der Waals surface area contributed by atoms with E-state index < -0.39 is 4.92 Å². The second-order valence-corrected chi connectivity index (χ2v) is 6.17. The van der Waals surface area contributed by atoms with Gasteiger partial charge in [0, 0.05) is 31.3 Å². The molecule has 6 heteroatoms. The van der Waals surface area contributed by atoms with Gasteiger partial charge in [0.25, 0.3) is 11.6 Å². The van der Waals surface area contributed by atoms with Crippen LogP contribution in [0, 0.1) is 10.1 Å². The third-order valence-corrected chi connectivity index (χ3v) is 4.23. The Kier molecular flexibility index (Phi) is 5.96. The molecule has 1 heterocycles. The van der Waals surface area contributed by atoms with E-state index >= 15 is 0 Å². The van der Waals surface area contributed by atoms with Crippen molar-refractivity contribution >= 4 is 17.3 Å². The van der Waals surface area contributed by atoms with Crippen molar-refractivity contribution in [2.75, 3.05) is 18.0 Å². The second kappa shape index (κ2) is 7.94. The van der Waals surface area contributed by atoms with Crippen LogP contribution in [0.4, 0.5) is 11.4 Å². The van der Waals surface area contributed by atoms with Crippen molar-refractivity contribution in [1.82, 2.24) is 5.32 Å². The van der Waals surface area contributed by atoms with Gasteiger partial charge in [0.15, 0.2) is 0 Å². The molecular weight excluding hydrogens is 294 g/mol. The number of carbonyl (C=O) groups is 1. The molecule has 2 rings (SSSR count). The Bertz CT molecular complexity index is 568. The fourth-order valence-electron chi connectivity index (χ4n) is 3.04. The molecular formula is C17H25N3O3. The summed E-state index contributed by atoms with van der Waals surface area (Å²) in [7, 11) is 0. The highest BCUT2D eigenvalue weighted by molar-refractivity contribution is 6.00. The highest BCUT2D eigenvalue weighted by Crippen LogP contribution is 2.28. The van der Waals surface area contributed by atoms with Crippen LogP contribution in [0.25, 0.3) is 0 Å². The largest absolute Gasteiger partial charge is 0.371 e. The highest BCUT2D eigenvalue weighted by atomic mass is 16.6. The molecule has 0 bridgehead atoms. The lowest BCUT2D eigenvalue weighted by atomic mass is 10.1. The normalized spacial score (nSPS) is 16.0. The molecule has 1 saturated heterocycles. The number of amides is 1. The van der Waals surface area contributed by atoms with Gasteiger partial charge in [-0.3, -0.25) is 14.9 Å². The second-order valence-electron chi connectivity index (χ2n) is 6.17. The highest BCUT2D eigenvalue weighted by Gasteiger charge is 2.22. The Balaban J connectivity index is 2.30. The van der Waals surface area contributed by atoms with Gasteiger partial charge in [-0.15, -0.1) is 0 Å². The summed E-state index contributed by atoms with van der Waals surface area (Å²) >= 11 is 0. The van der Waals surface area contributed by atoms with E-state index in [1.807, 2.05) is 6.92 Å². The monoisotopic (exact) mass is 319 g/mol. The number of nitrogens with one attached hydrogen (secondary N) is 1. The van der Waals surface area contributed by atoms with Crippen LogP contribution in [-0.4, -0.2) is 30.0 Å². The molecule has 126 valence electrons. The van der Waals surface area contributed by atoms with Crippen LogP contribution in [0.15, 0.2) is 18.2 Å². The number of hydrogen-bond donors (Lipinski definition) is 1. The van der Waals surface area contributed by atoms with Crippen LogP contribution < -0.4 is 10.2 Å². The average Bonchev–Trinajstić information content (AvgIpc) is 2.55. The molecule has 1 fully saturated rings. The van der Waals surface area contributed by atoms with Crippen LogP contribution >= 0.6 is 0 Å². The van der Waals surface area contributed by atoms with Crippen LogP contribution in [0.1, 0.15) is 56.3 Å². The van der Waals surface area contributed by atoms with Gasteiger partial charge in [-0.05, 0) is 38.7 Å². The lowest BCUT2D eigenvalue weighted by Gasteiger charge is -2.30. The summed E-state index contributed by atoms with van der Waals surface area (Å²) in [4.78, 5) is 25.4. The molecule has 23 heavy (non-hydrogen) atoms. The number of non-ortho nitro benzene ring substituents is 1. The summed E-state index contributed by atoms with van der Waals surface area (Å²) < 4.78 is 0. The summed E-state index contributed by atoms with van der Waals surface area (Å²) in [6, 6.07) is 4.65. The van der Waals surface area contributed by atoms with E-state index in [2.05, 4.69) is 17.1 Å². The zero-order valence-corrected chi connectivity index (χ0v) is 13.9.